The van der Waals surface area contributed by atoms with E-state index in [9.17, 15) is 9.59 Å². The Kier molecular flexibility index (Phi) is 2.85. The molecule has 3 heterocycles. The van der Waals surface area contributed by atoms with Crippen LogP contribution in [0.5, 0.6) is 0 Å². The molecule has 22 heavy (non-hydrogen) atoms. The fourth-order valence-corrected chi connectivity index (χ4v) is 3.21. The third-order valence-corrected chi connectivity index (χ3v) is 4.32. The van der Waals surface area contributed by atoms with E-state index in [2.05, 4.69) is 4.98 Å². The van der Waals surface area contributed by atoms with E-state index in [1.54, 1.807) is 4.57 Å². The maximum atomic E-state index is 12.7. The van der Waals surface area contributed by atoms with E-state index >= 15 is 0 Å². The molecule has 0 saturated heterocycles. The van der Waals surface area contributed by atoms with Gasteiger partial charge in [-0.25, -0.2) is 18.9 Å². The van der Waals surface area contributed by atoms with Crippen molar-refractivity contribution in [3.8, 4) is 0 Å². The first kappa shape index (κ1) is 13.2. The summed E-state index contributed by atoms with van der Waals surface area (Å²) in [5, 5.41) is 0. The molecule has 4 rings (SSSR count). The van der Waals surface area contributed by atoms with E-state index < -0.39 is 0 Å². The van der Waals surface area contributed by atoms with Crippen LogP contribution in [0.3, 0.4) is 0 Å². The SMILES string of the molecule is CCCCn1c(=O)c2nc3ccccc3[n+]3c2n(c1=O)CC3. The summed E-state index contributed by atoms with van der Waals surface area (Å²) in [6, 6.07) is 7.74. The number of aryl methyl sites for hydroxylation is 2. The molecular formula is C16H17N4O2+. The molecule has 0 bridgehead atoms. The lowest BCUT2D eigenvalue weighted by Gasteiger charge is -2.05. The largest absolute Gasteiger partial charge is 0.418 e. The molecule has 0 amide bonds. The van der Waals surface area contributed by atoms with Gasteiger partial charge in [-0.15, -0.1) is 0 Å². The quantitative estimate of drug-likeness (QED) is 0.531. The van der Waals surface area contributed by atoms with Crippen LogP contribution in [0.2, 0.25) is 0 Å². The van der Waals surface area contributed by atoms with Crippen LogP contribution in [0.4, 0.5) is 0 Å². The fraction of sp³-hybridized carbons (Fsp3) is 0.375. The van der Waals surface area contributed by atoms with Crippen LogP contribution in [-0.4, -0.2) is 14.1 Å². The van der Waals surface area contributed by atoms with Gasteiger partial charge < -0.3 is 0 Å². The number of aromatic nitrogens is 4. The molecule has 0 spiro atoms. The van der Waals surface area contributed by atoms with E-state index in [0.29, 0.717) is 30.8 Å². The van der Waals surface area contributed by atoms with Crippen LogP contribution < -0.4 is 15.8 Å². The Hall–Kier alpha value is -2.50. The van der Waals surface area contributed by atoms with Crippen molar-refractivity contribution in [2.75, 3.05) is 0 Å². The number of rotatable bonds is 3. The van der Waals surface area contributed by atoms with Crippen molar-refractivity contribution < 1.29 is 4.57 Å². The molecule has 3 aromatic rings. The summed E-state index contributed by atoms with van der Waals surface area (Å²) in [5.41, 5.74) is 2.32. The highest BCUT2D eigenvalue weighted by Gasteiger charge is 2.30. The van der Waals surface area contributed by atoms with Crippen molar-refractivity contribution in [3.05, 3.63) is 45.1 Å². The van der Waals surface area contributed by atoms with Crippen LogP contribution in [0, 0.1) is 0 Å². The van der Waals surface area contributed by atoms with Crippen molar-refractivity contribution in [1.29, 1.82) is 0 Å². The minimum Gasteiger partial charge on any atom is -0.266 e. The van der Waals surface area contributed by atoms with Gasteiger partial charge in [-0.05, 0) is 18.6 Å². The third-order valence-electron chi connectivity index (χ3n) is 4.32. The Balaban J connectivity index is 2.16. The Morgan fingerprint density at radius 2 is 2.09 bits per heavy atom. The Bertz CT molecular complexity index is 1020. The summed E-state index contributed by atoms with van der Waals surface area (Å²) >= 11 is 0. The van der Waals surface area contributed by atoms with E-state index in [0.717, 1.165) is 23.9 Å². The molecule has 0 atom stereocenters. The monoisotopic (exact) mass is 297 g/mol. The van der Waals surface area contributed by atoms with Gasteiger partial charge in [-0.1, -0.05) is 25.5 Å². The van der Waals surface area contributed by atoms with Gasteiger partial charge in [0, 0.05) is 6.54 Å². The van der Waals surface area contributed by atoms with E-state index in [-0.39, 0.29) is 11.2 Å². The zero-order valence-corrected chi connectivity index (χ0v) is 12.5. The smallest absolute Gasteiger partial charge is 0.266 e. The lowest BCUT2D eigenvalue weighted by atomic mass is 10.3. The predicted octanol–water partition coefficient (Wildman–Crippen LogP) is 0.813. The standard InChI is InChI=1S/C16H17N4O2/c1-2-3-8-20-15(21)13-14-18(9-10-19(14)16(20)22)12-7-5-4-6-11(12)17-13/h4-7H,2-3,8-10H2,1H3/q+1. The zero-order chi connectivity index (χ0) is 15.3. The van der Waals surface area contributed by atoms with Crippen molar-refractivity contribution >= 4 is 22.2 Å². The lowest BCUT2D eigenvalue weighted by molar-refractivity contribution is -0.637. The number of hydrogen-bond acceptors (Lipinski definition) is 3. The highest BCUT2D eigenvalue weighted by Crippen LogP contribution is 2.14. The molecule has 1 aliphatic rings. The van der Waals surface area contributed by atoms with Gasteiger partial charge in [0.1, 0.15) is 18.6 Å². The summed E-state index contributed by atoms with van der Waals surface area (Å²) < 4.78 is 5.06. The molecule has 112 valence electrons. The summed E-state index contributed by atoms with van der Waals surface area (Å²) in [6.45, 7) is 3.80. The van der Waals surface area contributed by atoms with Crippen molar-refractivity contribution in [3.63, 3.8) is 0 Å². The number of unbranched alkanes of at least 4 members (excludes halogenated alkanes) is 1. The van der Waals surface area contributed by atoms with Gasteiger partial charge in [-0.3, -0.25) is 4.79 Å². The van der Waals surface area contributed by atoms with Gasteiger partial charge in [0.15, 0.2) is 5.52 Å². The molecule has 0 unspecified atom stereocenters. The van der Waals surface area contributed by atoms with Gasteiger partial charge >= 0.3 is 11.3 Å². The second-order valence-corrected chi connectivity index (χ2v) is 5.67. The van der Waals surface area contributed by atoms with Gasteiger partial charge in [0.25, 0.3) is 5.56 Å². The fourth-order valence-electron chi connectivity index (χ4n) is 3.21. The Morgan fingerprint density at radius 3 is 2.91 bits per heavy atom. The molecule has 0 N–H and O–H groups in total. The molecule has 0 aliphatic carbocycles. The number of nitrogens with zero attached hydrogens (tertiary/aromatic N) is 4. The van der Waals surface area contributed by atoms with Crippen molar-refractivity contribution in [1.82, 2.24) is 14.1 Å². The first-order valence-corrected chi connectivity index (χ1v) is 7.68. The summed E-state index contributed by atoms with van der Waals surface area (Å²) in [4.78, 5) is 29.8. The molecular weight excluding hydrogens is 280 g/mol. The molecule has 1 aromatic carbocycles. The number of benzene rings is 1. The lowest BCUT2D eigenvalue weighted by Crippen LogP contribution is -2.42. The van der Waals surface area contributed by atoms with Crippen LogP contribution in [0.25, 0.3) is 22.2 Å². The molecule has 0 saturated carbocycles. The average Bonchev–Trinajstić information content (AvgIpc) is 2.98. The van der Waals surface area contributed by atoms with Gasteiger partial charge in [-0.2, -0.15) is 4.57 Å². The number of hydrogen-bond donors (Lipinski definition) is 0. The van der Waals surface area contributed by atoms with Crippen LogP contribution >= 0.6 is 0 Å². The zero-order valence-electron chi connectivity index (χ0n) is 12.5. The molecule has 6 heteroatoms. The maximum Gasteiger partial charge on any atom is 0.418 e. The highest BCUT2D eigenvalue weighted by atomic mass is 16.2. The first-order chi connectivity index (χ1) is 10.7. The summed E-state index contributed by atoms with van der Waals surface area (Å²) in [5.74, 6) is 0. The summed E-state index contributed by atoms with van der Waals surface area (Å²) in [7, 11) is 0. The topological polar surface area (TPSA) is 60.8 Å². The van der Waals surface area contributed by atoms with Crippen molar-refractivity contribution in [2.45, 2.75) is 39.4 Å². The number of para-hydroxylation sites is 2. The molecule has 6 nitrogen and oxygen atoms in total. The minimum atomic E-state index is -0.272. The summed E-state index contributed by atoms with van der Waals surface area (Å²) in [6.07, 6.45) is 1.75. The molecule has 2 aromatic heterocycles. The molecule has 1 aliphatic heterocycles. The van der Waals surface area contributed by atoms with Gasteiger partial charge in [0.05, 0.1) is 0 Å². The minimum absolute atomic E-state index is 0.214. The average molecular weight is 297 g/mol. The van der Waals surface area contributed by atoms with Crippen LogP contribution in [0.15, 0.2) is 33.9 Å². The van der Waals surface area contributed by atoms with E-state index in [1.807, 2.05) is 35.8 Å². The molecule has 0 fully saturated rings. The van der Waals surface area contributed by atoms with Gasteiger partial charge in [0.2, 0.25) is 5.52 Å². The van der Waals surface area contributed by atoms with E-state index in [4.69, 9.17) is 0 Å². The third kappa shape index (κ3) is 1.66. The predicted molar refractivity (Wildman–Crippen MR) is 82.9 cm³/mol. The Morgan fingerprint density at radius 1 is 1.27 bits per heavy atom. The molecule has 0 radical (unpaired) electrons. The number of fused-ring (bicyclic) bond motifs is 2. The van der Waals surface area contributed by atoms with E-state index in [1.165, 1.54) is 4.57 Å². The van der Waals surface area contributed by atoms with Crippen LogP contribution in [0.1, 0.15) is 19.8 Å². The first-order valence-electron chi connectivity index (χ1n) is 7.68. The highest BCUT2D eigenvalue weighted by molar-refractivity contribution is 5.79. The second-order valence-electron chi connectivity index (χ2n) is 5.67. The Labute approximate surface area is 126 Å². The van der Waals surface area contributed by atoms with Crippen molar-refractivity contribution in [2.24, 2.45) is 0 Å². The second kappa shape index (κ2) is 4.76. The maximum absolute atomic E-state index is 12.7. The van der Waals surface area contributed by atoms with Crippen LogP contribution in [-0.2, 0) is 19.6 Å². The normalized spacial score (nSPS) is 13.3.